The van der Waals surface area contributed by atoms with Crippen LogP contribution in [0.15, 0.2) is 0 Å². The molecule has 2 aliphatic rings. The van der Waals surface area contributed by atoms with Crippen LogP contribution in [-0.2, 0) is 0 Å². The number of hydrogen-bond donors (Lipinski definition) is 1. The first kappa shape index (κ1) is 3.03. The van der Waals surface area contributed by atoms with Crippen molar-refractivity contribution in [3.8, 4) is 0 Å². The summed E-state index contributed by atoms with van der Waals surface area (Å²) in [6.07, 6.45) is 2.80. The van der Waals surface area contributed by atoms with E-state index in [1.807, 2.05) is 0 Å². The molecule has 1 aliphatic carbocycles. The molecule has 0 spiro atoms. The van der Waals surface area contributed by atoms with Crippen LogP contribution in [0.25, 0.3) is 0 Å². The van der Waals surface area contributed by atoms with E-state index in [2.05, 4.69) is 5.32 Å². The van der Waals surface area contributed by atoms with Gasteiger partial charge in [0.1, 0.15) is 0 Å². The summed E-state index contributed by atoms with van der Waals surface area (Å²) in [4.78, 5) is 0. The van der Waals surface area contributed by atoms with Crippen LogP contribution in [0.3, 0.4) is 0 Å². The fourth-order valence-electron chi connectivity index (χ4n) is 1.11. The average Bonchev–Trinajstić information content (AvgIpc) is 2.17. The van der Waals surface area contributed by atoms with Gasteiger partial charge < -0.3 is 5.32 Å². The highest BCUT2D eigenvalue weighted by Gasteiger charge is 2.41. The topological polar surface area (TPSA) is 12.0 Å². The molecule has 1 radical (unpaired) electrons. The molecule has 0 amide bonds. The lowest BCUT2D eigenvalue weighted by atomic mass is 10.3. The van der Waals surface area contributed by atoms with Crippen molar-refractivity contribution in [2.45, 2.75) is 12.8 Å². The van der Waals surface area contributed by atoms with Crippen LogP contribution in [0.2, 0.25) is 0 Å². The first-order valence-electron chi connectivity index (χ1n) is 2.56. The molecule has 2 fully saturated rings. The van der Waals surface area contributed by atoms with Gasteiger partial charge in [0, 0.05) is 6.04 Å². The molecule has 0 aromatic heterocycles. The maximum atomic E-state index is 3.31. The molecular formula is C5H8N. The minimum Gasteiger partial charge on any atom is -0.309 e. The molecule has 1 saturated heterocycles. The molecule has 1 N–H and O–H groups in total. The minimum absolute atomic E-state index is 1.02. The van der Waals surface area contributed by atoms with E-state index < -0.39 is 0 Å². The zero-order chi connectivity index (χ0) is 3.98. The van der Waals surface area contributed by atoms with E-state index in [-0.39, 0.29) is 0 Å². The Morgan fingerprint density at radius 2 is 2.67 bits per heavy atom. The highest BCUT2D eigenvalue weighted by atomic mass is 15.0. The van der Waals surface area contributed by atoms with Gasteiger partial charge in [-0.2, -0.15) is 0 Å². The highest BCUT2D eigenvalue weighted by molar-refractivity contribution is 5.15. The molecule has 1 aliphatic heterocycles. The standard InChI is InChI=1S/C5H8N/c1-2-6-5-3-4(1)5/h4,6H,1-3H2. The summed E-state index contributed by atoms with van der Waals surface area (Å²) in [5.41, 5.74) is 0. The molecule has 1 nitrogen and oxygen atoms in total. The van der Waals surface area contributed by atoms with Crippen molar-refractivity contribution in [2.75, 3.05) is 6.54 Å². The summed E-state index contributed by atoms with van der Waals surface area (Å²) in [6, 6.07) is 1.62. The molecule has 1 atom stereocenters. The third kappa shape index (κ3) is 0.243. The molecule has 2 rings (SSSR count). The van der Waals surface area contributed by atoms with Crippen molar-refractivity contribution < 1.29 is 0 Å². The molecule has 1 heteroatoms. The molecule has 0 aromatic carbocycles. The van der Waals surface area contributed by atoms with Crippen LogP contribution >= 0.6 is 0 Å². The third-order valence-electron chi connectivity index (χ3n) is 1.64. The van der Waals surface area contributed by atoms with E-state index in [9.17, 15) is 0 Å². The molecule has 0 aromatic rings. The lowest BCUT2D eigenvalue weighted by Gasteiger charge is -1.85. The first-order chi connectivity index (χ1) is 2.97. The van der Waals surface area contributed by atoms with Gasteiger partial charge in [0.15, 0.2) is 0 Å². The zero-order valence-electron chi connectivity index (χ0n) is 3.70. The number of piperidine rings is 1. The fraction of sp³-hybridized carbons (Fsp3) is 0.800. The van der Waals surface area contributed by atoms with Crippen LogP contribution in [0, 0.1) is 12.0 Å². The van der Waals surface area contributed by atoms with Gasteiger partial charge in [0.25, 0.3) is 0 Å². The Morgan fingerprint density at radius 3 is 2.83 bits per heavy atom. The number of hydrogen-bond acceptors (Lipinski definition) is 1. The number of fused-ring (bicyclic) bond motifs is 1. The monoisotopic (exact) mass is 82.1 g/mol. The van der Waals surface area contributed by atoms with Crippen molar-refractivity contribution in [1.29, 1.82) is 0 Å². The summed E-state index contributed by atoms with van der Waals surface area (Å²) < 4.78 is 0. The quantitative estimate of drug-likeness (QED) is 0.449. The van der Waals surface area contributed by atoms with Crippen LogP contribution in [0.1, 0.15) is 12.8 Å². The van der Waals surface area contributed by atoms with Crippen LogP contribution in [0.5, 0.6) is 0 Å². The maximum Gasteiger partial charge on any atom is 0.0399 e. The molecule has 1 heterocycles. The highest BCUT2D eigenvalue weighted by Crippen LogP contribution is 2.44. The average molecular weight is 82.1 g/mol. The van der Waals surface area contributed by atoms with E-state index in [4.69, 9.17) is 0 Å². The van der Waals surface area contributed by atoms with Gasteiger partial charge in [0.2, 0.25) is 0 Å². The van der Waals surface area contributed by atoms with Crippen molar-refractivity contribution in [3.05, 3.63) is 6.04 Å². The summed E-state index contributed by atoms with van der Waals surface area (Å²) in [5, 5.41) is 3.31. The van der Waals surface area contributed by atoms with Crippen molar-refractivity contribution in [3.63, 3.8) is 0 Å². The largest absolute Gasteiger partial charge is 0.309 e. The van der Waals surface area contributed by atoms with E-state index in [1.54, 1.807) is 6.04 Å². The van der Waals surface area contributed by atoms with Gasteiger partial charge in [-0.1, -0.05) is 0 Å². The van der Waals surface area contributed by atoms with E-state index in [0.29, 0.717) is 0 Å². The van der Waals surface area contributed by atoms with Gasteiger partial charge >= 0.3 is 0 Å². The van der Waals surface area contributed by atoms with Gasteiger partial charge in [0.05, 0.1) is 0 Å². The van der Waals surface area contributed by atoms with Crippen molar-refractivity contribution in [2.24, 2.45) is 5.92 Å². The van der Waals surface area contributed by atoms with Gasteiger partial charge in [-0.05, 0) is 25.3 Å². The molecular weight excluding hydrogens is 74.1 g/mol. The smallest absolute Gasteiger partial charge is 0.0399 e. The number of nitrogens with one attached hydrogen (secondary N) is 1. The zero-order valence-corrected chi connectivity index (χ0v) is 3.70. The second-order valence-corrected chi connectivity index (χ2v) is 2.14. The SMILES string of the molecule is C1CC2C[C]2N1. The predicted octanol–water partition coefficient (Wildman–Crippen LogP) is 0.532. The van der Waals surface area contributed by atoms with Crippen LogP contribution < -0.4 is 5.32 Å². The normalized spacial score (nSPS) is 43.0. The molecule has 33 valence electrons. The Morgan fingerprint density at radius 1 is 1.67 bits per heavy atom. The molecule has 6 heavy (non-hydrogen) atoms. The summed E-state index contributed by atoms with van der Waals surface area (Å²) in [6.45, 7) is 1.25. The van der Waals surface area contributed by atoms with E-state index in [1.165, 1.54) is 19.4 Å². The van der Waals surface area contributed by atoms with Crippen molar-refractivity contribution >= 4 is 0 Å². The summed E-state index contributed by atoms with van der Waals surface area (Å²) >= 11 is 0. The first-order valence-corrected chi connectivity index (χ1v) is 2.56. The van der Waals surface area contributed by atoms with Crippen LogP contribution in [0.4, 0.5) is 0 Å². The second-order valence-electron chi connectivity index (χ2n) is 2.14. The van der Waals surface area contributed by atoms with Gasteiger partial charge in [-0.25, -0.2) is 0 Å². The maximum absolute atomic E-state index is 3.31. The molecule has 0 bridgehead atoms. The van der Waals surface area contributed by atoms with Crippen molar-refractivity contribution in [1.82, 2.24) is 5.32 Å². The van der Waals surface area contributed by atoms with E-state index >= 15 is 0 Å². The Kier molecular flexibility index (Phi) is 0.396. The molecule has 1 unspecified atom stereocenters. The Bertz CT molecular complexity index is 62.3. The fourth-order valence-corrected chi connectivity index (χ4v) is 1.11. The Labute approximate surface area is 37.7 Å². The summed E-state index contributed by atoms with van der Waals surface area (Å²) in [5.74, 6) is 1.02. The minimum atomic E-state index is 1.02. The van der Waals surface area contributed by atoms with Gasteiger partial charge in [-0.15, -0.1) is 0 Å². The van der Waals surface area contributed by atoms with E-state index in [0.717, 1.165) is 5.92 Å². The van der Waals surface area contributed by atoms with Crippen LogP contribution in [-0.4, -0.2) is 6.54 Å². The summed E-state index contributed by atoms with van der Waals surface area (Å²) in [7, 11) is 0. The Balaban J connectivity index is 2.09. The lowest BCUT2D eigenvalue weighted by Crippen LogP contribution is -2.04. The van der Waals surface area contributed by atoms with Gasteiger partial charge in [-0.3, -0.25) is 0 Å². The second kappa shape index (κ2) is 0.784. The third-order valence-corrected chi connectivity index (χ3v) is 1.64. The lowest BCUT2D eigenvalue weighted by molar-refractivity contribution is 0.765. The molecule has 1 saturated carbocycles. The predicted molar refractivity (Wildman–Crippen MR) is 24.0 cm³/mol. The number of rotatable bonds is 0. The Hall–Kier alpha value is -0.0400.